The number of carbonyl (C=O) groups is 1. The molecule has 0 spiro atoms. The second-order valence-corrected chi connectivity index (χ2v) is 7.08. The van der Waals surface area contributed by atoms with Gasteiger partial charge < -0.3 is 14.9 Å². The zero-order valence-electron chi connectivity index (χ0n) is 15.1. The normalized spacial score (nSPS) is 20.0. The highest BCUT2D eigenvalue weighted by Crippen LogP contribution is 2.32. The average molecular weight is 352 g/mol. The third kappa shape index (κ3) is 3.29. The second kappa shape index (κ2) is 7.03. The van der Waals surface area contributed by atoms with Gasteiger partial charge in [0.25, 0.3) is 0 Å². The molecule has 2 heterocycles. The molecule has 1 aliphatic carbocycles. The van der Waals surface area contributed by atoms with Gasteiger partial charge in [-0.05, 0) is 19.3 Å². The molecule has 2 aromatic rings. The lowest BCUT2D eigenvalue weighted by Gasteiger charge is -2.25. The van der Waals surface area contributed by atoms with E-state index in [9.17, 15) is 9.90 Å². The Kier molecular flexibility index (Phi) is 4.59. The third-order valence-corrected chi connectivity index (χ3v) is 5.19. The van der Waals surface area contributed by atoms with Crippen LogP contribution in [0.2, 0.25) is 0 Å². The topological polar surface area (TPSA) is 69.6 Å². The lowest BCUT2D eigenvalue weighted by molar-refractivity contribution is -0.129. The van der Waals surface area contributed by atoms with E-state index in [0.717, 1.165) is 42.2 Å². The van der Waals surface area contributed by atoms with E-state index in [0.29, 0.717) is 26.2 Å². The van der Waals surface area contributed by atoms with Crippen LogP contribution in [0.15, 0.2) is 30.3 Å². The number of aliphatic hydroxyl groups excluding tert-OH is 1. The summed E-state index contributed by atoms with van der Waals surface area (Å²) in [6.45, 7) is 3.70. The summed E-state index contributed by atoms with van der Waals surface area (Å²) in [5, 5.41) is 10.4. The minimum absolute atomic E-state index is 0.00351. The van der Waals surface area contributed by atoms with Crippen LogP contribution >= 0.6 is 0 Å². The van der Waals surface area contributed by atoms with Crippen molar-refractivity contribution in [2.24, 2.45) is 0 Å². The third-order valence-electron chi connectivity index (χ3n) is 5.19. The summed E-state index contributed by atoms with van der Waals surface area (Å²) in [4.78, 5) is 25.3. The average Bonchev–Trinajstić information content (AvgIpc) is 3.03. The van der Waals surface area contributed by atoms with Crippen LogP contribution in [-0.4, -0.2) is 58.2 Å². The Morgan fingerprint density at radius 1 is 1.12 bits per heavy atom. The van der Waals surface area contributed by atoms with E-state index in [1.54, 1.807) is 11.8 Å². The van der Waals surface area contributed by atoms with Crippen molar-refractivity contribution in [3.63, 3.8) is 0 Å². The van der Waals surface area contributed by atoms with Gasteiger partial charge in [-0.1, -0.05) is 30.3 Å². The van der Waals surface area contributed by atoms with E-state index >= 15 is 0 Å². The van der Waals surface area contributed by atoms with Gasteiger partial charge in [-0.2, -0.15) is 0 Å². The van der Waals surface area contributed by atoms with Crippen LogP contribution in [0.1, 0.15) is 24.6 Å². The van der Waals surface area contributed by atoms with Crippen molar-refractivity contribution in [2.75, 3.05) is 31.1 Å². The Morgan fingerprint density at radius 2 is 1.92 bits per heavy atom. The van der Waals surface area contributed by atoms with Crippen LogP contribution in [0.25, 0.3) is 11.4 Å². The minimum atomic E-state index is -0.575. The first-order chi connectivity index (χ1) is 12.6. The highest BCUT2D eigenvalue weighted by Gasteiger charge is 2.28. The van der Waals surface area contributed by atoms with Gasteiger partial charge in [0.05, 0.1) is 6.10 Å². The number of anilines is 1. The first-order valence-electron chi connectivity index (χ1n) is 9.25. The van der Waals surface area contributed by atoms with E-state index in [1.807, 2.05) is 30.3 Å². The fraction of sp³-hybridized carbons (Fsp3) is 0.450. The number of hydrogen-bond acceptors (Lipinski definition) is 5. The van der Waals surface area contributed by atoms with E-state index in [4.69, 9.17) is 9.97 Å². The van der Waals surface area contributed by atoms with Gasteiger partial charge in [0.15, 0.2) is 5.82 Å². The molecule has 0 unspecified atom stereocenters. The number of aliphatic hydroxyl groups is 1. The highest BCUT2D eigenvalue weighted by molar-refractivity contribution is 5.73. The number of carbonyl (C=O) groups excluding carboxylic acids is 1. The van der Waals surface area contributed by atoms with Crippen molar-refractivity contribution in [1.29, 1.82) is 0 Å². The summed E-state index contributed by atoms with van der Waals surface area (Å²) in [5.41, 5.74) is 3.33. The molecule has 1 saturated heterocycles. The maximum atomic E-state index is 11.7. The smallest absolute Gasteiger partial charge is 0.219 e. The van der Waals surface area contributed by atoms with Crippen LogP contribution in [0, 0.1) is 0 Å². The fourth-order valence-electron chi connectivity index (χ4n) is 3.86. The number of aromatic nitrogens is 2. The first-order valence-corrected chi connectivity index (χ1v) is 9.25. The standard InChI is InChI=1S/C20H24N4O2/c1-14(25)23-10-11-24(13-16(26)12-23)20-17-8-5-9-18(17)21-19(22-20)15-6-3-2-4-7-15/h2-4,6-7,16,26H,5,8-13H2,1H3/t16-/m1/s1. The summed E-state index contributed by atoms with van der Waals surface area (Å²) in [6.07, 6.45) is 2.46. The Labute approximate surface area is 153 Å². The van der Waals surface area contributed by atoms with Crippen molar-refractivity contribution in [3.8, 4) is 11.4 Å². The number of amides is 1. The van der Waals surface area contributed by atoms with Gasteiger partial charge in [0.1, 0.15) is 5.82 Å². The van der Waals surface area contributed by atoms with Crippen molar-refractivity contribution in [1.82, 2.24) is 14.9 Å². The quantitative estimate of drug-likeness (QED) is 0.890. The molecule has 1 aromatic heterocycles. The molecule has 6 heteroatoms. The van der Waals surface area contributed by atoms with Gasteiger partial charge in [0.2, 0.25) is 5.91 Å². The zero-order chi connectivity index (χ0) is 18.1. The molecule has 26 heavy (non-hydrogen) atoms. The van der Waals surface area contributed by atoms with Gasteiger partial charge in [-0.3, -0.25) is 4.79 Å². The molecule has 6 nitrogen and oxygen atoms in total. The number of fused-ring (bicyclic) bond motifs is 1. The molecular weight excluding hydrogens is 328 g/mol. The van der Waals surface area contributed by atoms with Gasteiger partial charge >= 0.3 is 0 Å². The Hall–Kier alpha value is -2.47. The fourth-order valence-corrected chi connectivity index (χ4v) is 3.86. The number of benzene rings is 1. The van der Waals surface area contributed by atoms with Gasteiger partial charge in [-0.25, -0.2) is 9.97 Å². The molecule has 0 bridgehead atoms. The number of aryl methyl sites for hydroxylation is 1. The predicted octanol–water partition coefficient (Wildman–Crippen LogP) is 1.66. The van der Waals surface area contributed by atoms with Crippen LogP contribution in [0.5, 0.6) is 0 Å². The van der Waals surface area contributed by atoms with E-state index in [1.165, 1.54) is 5.56 Å². The van der Waals surface area contributed by atoms with Gasteiger partial charge in [-0.15, -0.1) is 0 Å². The first kappa shape index (κ1) is 17.0. The van der Waals surface area contributed by atoms with E-state index in [-0.39, 0.29) is 5.91 Å². The molecular formula is C20H24N4O2. The highest BCUT2D eigenvalue weighted by atomic mass is 16.3. The van der Waals surface area contributed by atoms with Crippen molar-refractivity contribution >= 4 is 11.7 Å². The Bertz CT molecular complexity index is 809. The second-order valence-electron chi connectivity index (χ2n) is 7.08. The molecule has 1 aliphatic heterocycles. The monoisotopic (exact) mass is 352 g/mol. The van der Waals surface area contributed by atoms with Crippen LogP contribution in [-0.2, 0) is 17.6 Å². The number of β-amino-alcohol motifs (C(OH)–C–C–N with tert-alkyl or cyclic N) is 1. The molecule has 136 valence electrons. The Balaban J connectivity index is 1.71. The molecule has 1 N–H and O–H groups in total. The molecule has 2 aliphatic rings. The number of hydrogen-bond donors (Lipinski definition) is 1. The summed E-state index contributed by atoms with van der Waals surface area (Å²) in [7, 11) is 0. The zero-order valence-corrected chi connectivity index (χ0v) is 15.1. The van der Waals surface area contributed by atoms with Crippen molar-refractivity contribution < 1.29 is 9.90 Å². The molecule has 1 amide bonds. The van der Waals surface area contributed by atoms with Crippen LogP contribution in [0.3, 0.4) is 0 Å². The largest absolute Gasteiger partial charge is 0.389 e. The summed E-state index contributed by atoms with van der Waals surface area (Å²) in [6, 6.07) is 10.0. The van der Waals surface area contributed by atoms with Gasteiger partial charge in [0, 0.05) is 49.9 Å². The molecule has 4 rings (SSSR count). The molecule has 1 aromatic carbocycles. The molecule has 0 radical (unpaired) electrons. The van der Waals surface area contributed by atoms with E-state index < -0.39 is 6.10 Å². The summed E-state index contributed by atoms with van der Waals surface area (Å²) < 4.78 is 0. The molecule has 0 saturated carbocycles. The number of nitrogens with zero attached hydrogens (tertiary/aromatic N) is 4. The maximum absolute atomic E-state index is 11.7. The minimum Gasteiger partial charge on any atom is -0.389 e. The lowest BCUT2D eigenvalue weighted by Crippen LogP contribution is -2.36. The Morgan fingerprint density at radius 3 is 2.69 bits per heavy atom. The SMILES string of the molecule is CC(=O)N1CCN(c2nc(-c3ccccc3)nc3c2CCC3)C[C@H](O)C1. The summed E-state index contributed by atoms with van der Waals surface area (Å²) >= 11 is 0. The summed E-state index contributed by atoms with van der Waals surface area (Å²) in [5.74, 6) is 1.67. The molecule has 1 fully saturated rings. The van der Waals surface area contributed by atoms with Crippen molar-refractivity contribution in [3.05, 3.63) is 41.6 Å². The number of rotatable bonds is 2. The lowest BCUT2D eigenvalue weighted by atomic mass is 10.1. The maximum Gasteiger partial charge on any atom is 0.219 e. The van der Waals surface area contributed by atoms with Crippen LogP contribution in [0.4, 0.5) is 5.82 Å². The molecule has 1 atom stereocenters. The van der Waals surface area contributed by atoms with Crippen molar-refractivity contribution in [2.45, 2.75) is 32.3 Å². The van der Waals surface area contributed by atoms with E-state index in [2.05, 4.69) is 4.90 Å². The van der Waals surface area contributed by atoms with Crippen LogP contribution < -0.4 is 4.90 Å². The predicted molar refractivity (Wildman–Crippen MR) is 100.0 cm³/mol.